The van der Waals surface area contributed by atoms with Gasteiger partial charge in [0, 0.05) is 43.3 Å². The second-order valence-corrected chi connectivity index (χ2v) is 4.90. The fourth-order valence-electron chi connectivity index (χ4n) is 2.55. The monoisotopic (exact) mass is 270 g/mol. The molecule has 0 saturated carbocycles. The summed E-state index contributed by atoms with van der Waals surface area (Å²) in [6, 6.07) is 6.42. The van der Waals surface area contributed by atoms with E-state index in [0.29, 0.717) is 12.4 Å². The number of hydrogen-bond donors (Lipinski definition) is 3. The lowest BCUT2D eigenvalue weighted by molar-refractivity contribution is 0.830. The van der Waals surface area contributed by atoms with Crippen molar-refractivity contribution in [2.75, 3.05) is 35.3 Å². The number of nitrogens with zero attached hydrogens (tertiary/aromatic N) is 3. The summed E-state index contributed by atoms with van der Waals surface area (Å²) in [4.78, 5) is 10.3. The van der Waals surface area contributed by atoms with Crippen LogP contribution in [0.25, 0.3) is 0 Å². The molecule has 1 aliphatic heterocycles. The molecule has 0 amide bonds. The highest BCUT2D eigenvalue weighted by atomic mass is 15.2. The molecule has 1 aromatic heterocycles. The van der Waals surface area contributed by atoms with E-state index in [2.05, 4.69) is 38.4 Å². The molecule has 0 radical (unpaired) electrons. The molecule has 3 rings (SSSR count). The number of anilines is 4. The van der Waals surface area contributed by atoms with E-state index in [1.807, 2.05) is 7.05 Å². The van der Waals surface area contributed by atoms with E-state index in [0.717, 1.165) is 24.2 Å². The van der Waals surface area contributed by atoms with Crippen LogP contribution < -0.4 is 21.7 Å². The van der Waals surface area contributed by atoms with Crippen LogP contribution >= 0.6 is 0 Å². The van der Waals surface area contributed by atoms with Gasteiger partial charge in [-0.3, -0.25) is 0 Å². The van der Waals surface area contributed by atoms with Gasteiger partial charge >= 0.3 is 0 Å². The minimum absolute atomic E-state index is 0.215. The smallest absolute Gasteiger partial charge is 0.221 e. The topological polar surface area (TPSA) is 93.1 Å². The zero-order chi connectivity index (χ0) is 14.1. The van der Waals surface area contributed by atoms with Crippen LogP contribution in [-0.4, -0.2) is 23.6 Å². The summed E-state index contributed by atoms with van der Waals surface area (Å²) in [7, 11) is 1.93. The Labute approximate surface area is 117 Å². The van der Waals surface area contributed by atoms with Gasteiger partial charge in [-0.2, -0.15) is 4.98 Å². The lowest BCUT2D eigenvalue weighted by Crippen LogP contribution is -2.21. The molecule has 0 unspecified atom stereocenters. The summed E-state index contributed by atoms with van der Waals surface area (Å²) in [5.41, 5.74) is 16.1. The Morgan fingerprint density at radius 3 is 2.95 bits per heavy atom. The standard InChI is InChI=1S/C14H18N6/c1-17-11-2-3-12-9(6-11)4-5-20(12)8-10-7-18-14(16)19-13(10)15/h2-3,6-7,17H,4-5,8H2,1H3,(H4,15,16,18,19). The highest BCUT2D eigenvalue weighted by Gasteiger charge is 2.20. The van der Waals surface area contributed by atoms with Crippen molar-refractivity contribution in [2.24, 2.45) is 0 Å². The number of nitrogen functional groups attached to an aromatic ring is 2. The SMILES string of the molecule is CNc1ccc2c(c1)CCN2Cc1cnc(N)nc1N. The van der Waals surface area contributed by atoms with Crippen LogP contribution in [0.15, 0.2) is 24.4 Å². The zero-order valence-corrected chi connectivity index (χ0v) is 11.4. The third-order valence-electron chi connectivity index (χ3n) is 3.64. The lowest BCUT2D eigenvalue weighted by atomic mass is 10.1. The molecular weight excluding hydrogens is 252 g/mol. The Balaban J connectivity index is 1.84. The van der Waals surface area contributed by atoms with E-state index < -0.39 is 0 Å². The summed E-state index contributed by atoms with van der Waals surface area (Å²) < 4.78 is 0. The maximum Gasteiger partial charge on any atom is 0.221 e. The zero-order valence-electron chi connectivity index (χ0n) is 11.4. The van der Waals surface area contributed by atoms with E-state index in [9.17, 15) is 0 Å². The molecule has 0 aliphatic carbocycles. The predicted octanol–water partition coefficient (Wildman–Crippen LogP) is 1.25. The average Bonchev–Trinajstić information content (AvgIpc) is 2.84. The highest BCUT2D eigenvalue weighted by molar-refractivity contribution is 5.64. The van der Waals surface area contributed by atoms with Gasteiger partial charge in [0.2, 0.25) is 5.95 Å². The molecule has 1 aromatic carbocycles. The first-order valence-corrected chi connectivity index (χ1v) is 6.60. The Bertz CT molecular complexity index is 640. The van der Waals surface area contributed by atoms with Gasteiger partial charge in [-0.15, -0.1) is 0 Å². The van der Waals surface area contributed by atoms with E-state index >= 15 is 0 Å². The second-order valence-electron chi connectivity index (χ2n) is 4.90. The molecule has 5 N–H and O–H groups in total. The second kappa shape index (κ2) is 4.88. The maximum atomic E-state index is 5.90. The maximum absolute atomic E-state index is 5.90. The fourth-order valence-corrected chi connectivity index (χ4v) is 2.55. The van der Waals surface area contributed by atoms with Gasteiger partial charge in [-0.05, 0) is 30.2 Å². The summed E-state index contributed by atoms with van der Waals surface area (Å²) in [5, 5.41) is 3.16. The number of nitrogens with two attached hydrogens (primary N) is 2. The Kier molecular flexibility index (Phi) is 3.06. The largest absolute Gasteiger partial charge is 0.388 e. The number of rotatable bonds is 3. The van der Waals surface area contributed by atoms with Gasteiger partial charge < -0.3 is 21.7 Å². The van der Waals surface area contributed by atoms with E-state index in [1.54, 1.807) is 6.20 Å². The van der Waals surface area contributed by atoms with Crippen molar-refractivity contribution in [2.45, 2.75) is 13.0 Å². The summed E-state index contributed by atoms with van der Waals surface area (Å²) in [6.07, 6.45) is 2.75. The van der Waals surface area contributed by atoms with Crippen molar-refractivity contribution in [3.63, 3.8) is 0 Å². The van der Waals surface area contributed by atoms with Crippen LogP contribution in [0.3, 0.4) is 0 Å². The predicted molar refractivity (Wildman–Crippen MR) is 81.6 cm³/mol. The molecule has 1 aliphatic rings. The number of aromatic nitrogens is 2. The number of hydrogen-bond acceptors (Lipinski definition) is 6. The molecule has 2 aromatic rings. The fraction of sp³-hybridized carbons (Fsp3) is 0.286. The van der Waals surface area contributed by atoms with E-state index in [-0.39, 0.29) is 5.95 Å². The first-order valence-electron chi connectivity index (χ1n) is 6.60. The van der Waals surface area contributed by atoms with Crippen LogP contribution in [0.4, 0.5) is 23.1 Å². The van der Waals surface area contributed by atoms with Gasteiger partial charge in [0.1, 0.15) is 5.82 Å². The van der Waals surface area contributed by atoms with E-state index in [4.69, 9.17) is 11.5 Å². The van der Waals surface area contributed by atoms with Crippen LogP contribution in [-0.2, 0) is 13.0 Å². The Morgan fingerprint density at radius 1 is 1.35 bits per heavy atom. The number of fused-ring (bicyclic) bond motifs is 1. The third kappa shape index (κ3) is 2.20. The van der Waals surface area contributed by atoms with Crippen molar-refractivity contribution in [3.8, 4) is 0 Å². The average molecular weight is 270 g/mol. The number of benzene rings is 1. The molecule has 6 heteroatoms. The molecule has 0 bridgehead atoms. The minimum Gasteiger partial charge on any atom is -0.388 e. The molecule has 2 heterocycles. The molecular formula is C14H18N6. The normalized spacial score (nSPS) is 13.3. The van der Waals surface area contributed by atoms with Crippen molar-refractivity contribution in [1.82, 2.24) is 9.97 Å². The van der Waals surface area contributed by atoms with Crippen LogP contribution in [0.5, 0.6) is 0 Å². The minimum atomic E-state index is 0.215. The van der Waals surface area contributed by atoms with E-state index in [1.165, 1.54) is 11.3 Å². The van der Waals surface area contributed by atoms with Gasteiger partial charge in [0.15, 0.2) is 0 Å². The number of nitrogens with one attached hydrogen (secondary N) is 1. The molecule has 6 nitrogen and oxygen atoms in total. The Morgan fingerprint density at radius 2 is 2.20 bits per heavy atom. The van der Waals surface area contributed by atoms with Gasteiger partial charge in [0.25, 0.3) is 0 Å². The van der Waals surface area contributed by atoms with Crippen molar-refractivity contribution >= 4 is 23.1 Å². The van der Waals surface area contributed by atoms with Crippen LogP contribution in [0, 0.1) is 0 Å². The van der Waals surface area contributed by atoms with Crippen LogP contribution in [0.2, 0.25) is 0 Å². The summed E-state index contributed by atoms with van der Waals surface area (Å²) >= 11 is 0. The van der Waals surface area contributed by atoms with Crippen molar-refractivity contribution in [1.29, 1.82) is 0 Å². The van der Waals surface area contributed by atoms with Gasteiger partial charge in [0.05, 0.1) is 0 Å². The van der Waals surface area contributed by atoms with Crippen molar-refractivity contribution in [3.05, 3.63) is 35.5 Å². The van der Waals surface area contributed by atoms with Gasteiger partial charge in [-0.1, -0.05) is 0 Å². The summed E-state index contributed by atoms with van der Waals surface area (Å²) in [6.45, 7) is 1.68. The van der Waals surface area contributed by atoms with Crippen LogP contribution in [0.1, 0.15) is 11.1 Å². The molecule has 0 atom stereocenters. The Hall–Kier alpha value is -2.50. The lowest BCUT2D eigenvalue weighted by Gasteiger charge is -2.20. The van der Waals surface area contributed by atoms with Crippen molar-refractivity contribution < 1.29 is 0 Å². The first kappa shape index (κ1) is 12.5. The molecule has 104 valence electrons. The third-order valence-corrected chi connectivity index (χ3v) is 3.64. The molecule has 0 spiro atoms. The molecule has 0 saturated heterocycles. The summed E-state index contributed by atoms with van der Waals surface area (Å²) in [5.74, 6) is 0.671. The van der Waals surface area contributed by atoms with Gasteiger partial charge in [-0.25, -0.2) is 4.98 Å². The quantitative estimate of drug-likeness (QED) is 0.777. The highest BCUT2D eigenvalue weighted by Crippen LogP contribution is 2.31. The molecule has 20 heavy (non-hydrogen) atoms. The first-order chi connectivity index (χ1) is 9.67. The molecule has 0 fully saturated rings.